The van der Waals surface area contributed by atoms with E-state index in [2.05, 4.69) is 47.4 Å². The highest BCUT2D eigenvalue weighted by Crippen LogP contribution is 2.25. The maximum atomic E-state index is 5.93. The first kappa shape index (κ1) is 17.8. The number of thioether (sulfide) groups is 1. The summed E-state index contributed by atoms with van der Waals surface area (Å²) in [7, 11) is 0. The van der Waals surface area contributed by atoms with Gasteiger partial charge >= 0.3 is 0 Å². The molecule has 0 amide bonds. The Hall–Kier alpha value is -1.03. The molecule has 0 bridgehead atoms. The number of piperidine rings is 1. The van der Waals surface area contributed by atoms with E-state index in [9.17, 15) is 0 Å². The lowest BCUT2D eigenvalue weighted by molar-refractivity contribution is 0.271. The van der Waals surface area contributed by atoms with E-state index in [-0.39, 0.29) is 0 Å². The zero-order chi connectivity index (χ0) is 16.8. The number of nitrogens with zero attached hydrogens (tertiary/aromatic N) is 1. The van der Waals surface area contributed by atoms with Crippen molar-refractivity contribution in [2.75, 3.05) is 13.1 Å². The average molecular weight is 376 g/mol. The highest BCUT2D eigenvalue weighted by Gasteiger charge is 2.21. The number of hydrogen-bond acceptors (Lipinski definition) is 2. The Morgan fingerprint density at radius 2 is 1.67 bits per heavy atom. The van der Waals surface area contributed by atoms with Gasteiger partial charge in [0.05, 0.1) is 0 Å². The molecule has 0 aromatic heterocycles. The third-order valence-electron chi connectivity index (χ3n) is 4.52. The molecule has 2 aromatic rings. The molecule has 2 aromatic carbocycles. The summed E-state index contributed by atoms with van der Waals surface area (Å²) in [5.74, 6) is 1.70. The van der Waals surface area contributed by atoms with Crippen molar-refractivity contribution < 1.29 is 0 Å². The highest BCUT2D eigenvalue weighted by molar-refractivity contribution is 8.22. The minimum atomic E-state index is 0.784. The summed E-state index contributed by atoms with van der Waals surface area (Å²) in [5, 5.41) is 0.784. The van der Waals surface area contributed by atoms with Crippen LogP contribution in [0.15, 0.2) is 54.6 Å². The molecular weight excluding hydrogens is 354 g/mol. The maximum absolute atomic E-state index is 5.93. The smallest absolute Gasteiger partial charge is 0.136 e. The lowest BCUT2D eigenvalue weighted by Crippen LogP contribution is -2.36. The van der Waals surface area contributed by atoms with E-state index in [0.29, 0.717) is 0 Å². The third kappa shape index (κ3) is 5.23. The molecule has 126 valence electrons. The van der Waals surface area contributed by atoms with Crippen LogP contribution in [0.1, 0.15) is 24.0 Å². The van der Waals surface area contributed by atoms with E-state index in [0.717, 1.165) is 34.1 Å². The minimum absolute atomic E-state index is 0.784. The van der Waals surface area contributed by atoms with Crippen molar-refractivity contribution in [1.82, 2.24) is 4.90 Å². The van der Waals surface area contributed by atoms with Crippen LogP contribution in [0.2, 0.25) is 5.02 Å². The molecule has 4 heteroatoms. The van der Waals surface area contributed by atoms with Gasteiger partial charge in [-0.25, -0.2) is 0 Å². The van der Waals surface area contributed by atoms with Gasteiger partial charge in [0.25, 0.3) is 0 Å². The number of likely N-dealkylation sites (tertiary alicyclic amines) is 1. The topological polar surface area (TPSA) is 3.24 Å². The summed E-state index contributed by atoms with van der Waals surface area (Å²) in [5.41, 5.74) is 2.72. The molecule has 1 fully saturated rings. The predicted molar refractivity (Wildman–Crippen MR) is 110 cm³/mol. The Morgan fingerprint density at radius 1 is 1.00 bits per heavy atom. The normalized spacial score (nSPS) is 15.5. The fraction of sp³-hybridized carbons (Fsp3) is 0.350. The van der Waals surface area contributed by atoms with Crippen molar-refractivity contribution in [1.29, 1.82) is 0 Å². The molecular formula is C20H22ClNS2. The van der Waals surface area contributed by atoms with E-state index in [1.165, 1.54) is 30.4 Å². The SMILES string of the molecule is S=C(SCc1ccc(Cl)cc1)N1CCC(Cc2ccccc2)CC1. The summed E-state index contributed by atoms with van der Waals surface area (Å²) in [6.45, 7) is 2.17. The van der Waals surface area contributed by atoms with E-state index < -0.39 is 0 Å². The van der Waals surface area contributed by atoms with E-state index in [1.807, 2.05) is 12.1 Å². The fourth-order valence-corrected chi connectivity index (χ4v) is 4.42. The molecule has 3 rings (SSSR count). The second-order valence-electron chi connectivity index (χ2n) is 6.30. The Bertz CT molecular complexity index is 649. The number of halogens is 1. The predicted octanol–water partition coefficient (Wildman–Crippen LogP) is 5.81. The van der Waals surface area contributed by atoms with Gasteiger partial charge in [0.1, 0.15) is 4.32 Å². The van der Waals surface area contributed by atoms with Crippen molar-refractivity contribution in [3.05, 3.63) is 70.7 Å². The molecule has 0 N–H and O–H groups in total. The summed E-state index contributed by atoms with van der Waals surface area (Å²) in [6, 6.07) is 18.8. The number of benzene rings is 2. The van der Waals surface area contributed by atoms with Crippen molar-refractivity contribution in [2.24, 2.45) is 5.92 Å². The number of thiocarbonyl (C=S) groups is 1. The van der Waals surface area contributed by atoms with Crippen LogP contribution < -0.4 is 0 Å². The van der Waals surface area contributed by atoms with Gasteiger partial charge < -0.3 is 4.90 Å². The molecule has 0 saturated carbocycles. The number of hydrogen-bond donors (Lipinski definition) is 0. The van der Waals surface area contributed by atoms with Gasteiger partial charge in [-0.3, -0.25) is 0 Å². The van der Waals surface area contributed by atoms with Crippen molar-refractivity contribution >= 4 is 39.9 Å². The first-order valence-electron chi connectivity index (χ1n) is 8.41. The summed E-state index contributed by atoms with van der Waals surface area (Å²) in [4.78, 5) is 2.37. The second kappa shape index (κ2) is 8.89. The zero-order valence-corrected chi connectivity index (χ0v) is 16.0. The van der Waals surface area contributed by atoms with Gasteiger partial charge in [-0.05, 0) is 48.4 Å². The van der Waals surface area contributed by atoms with Crippen LogP contribution in [0, 0.1) is 5.92 Å². The van der Waals surface area contributed by atoms with Gasteiger partial charge in [0.15, 0.2) is 0 Å². The Balaban J connectivity index is 1.42. The van der Waals surface area contributed by atoms with Gasteiger partial charge in [-0.15, -0.1) is 0 Å². The Morgan fingerprint density at radius 3 is 2.33 bits per heavy atom. The number of rotatable bonds is 4. The standard InChI is InChI=1S/C20H22ClNS2/c21-19-8-6-18(7-9-19)15-24-20(23)22-12-10-17(11-13-22)14-16-4-2-1-3-5-16/h1-9,17H,10-15H2. The summed E-state index contributed by atoms with van der Waals surface area (Å²) >= 11 is 13.3. The summed E-state index contributed by atoms with van der Waals surface area (Å²) in [6.07, 6.45) is 3.66. The Kier molecular flexibility index (Phi) is 6.59. The molecule has 24 heavy (non-hydrogen) atoms. The van der Waals surface area contributed by atoms with Gasteiger partial charge in [0, 0.05) is 23.9 Å². The van der Waals surface area contributed by atoms with Gasteiger partial charge in [-0.2, -0.15) is 0 Å². The lowest BCUT2D eigenvalue weighted by Gasteiger charge is -2.33. The molecule has 0 radical (unpaired) electrons. The van der Waals surface area contributed by atoms with E-state index in [1.54, 1.807) is 11.8 Å². The maximum Gasteiger partial charge on any atom is 0.136 e. The van der Waals surface area contributed by atoms with Crippen molar-refractivity contribution in [3.63, 3.8) is 0 Å². The average Bonchev–Trinajstić information content (AvgIpc) is 2.62. The van der Waals surface area contributed by atoms with Crippen molar-refractivity contribution in [3.8, 4) is 0 Å². The first-order valence-corrected chi connectivity index (χ1v) is 10.2. The van der Waals surface area contributed by atoms with Crippen LogP contribution in [0.25, 0.3) is 0 Å². The quantitative estimate of drug-likeness (QED) is 0.620. The molecule has 0 unspecified atom stereocenters. The van der Waals surface area contributed by atoms with Crippen LogP contribution in [-0.2, 0) is 12.2 Å². The molecule has 1 nitrogen and oxygen atoms in total. The Labute approximate surface area is 159 Å². The largest absolute Gasteiger partial charge is 0.357 e. The molecule has 1 saturated heterocycles. The monoisotopic (exact) mass is 375 g/mol. The fourth-order valence-electron chi connectivity index (χ4n) is 3.08. The lowest BCUT2D eigenvalue weighted by atomic mass is 9.90. The molecule has 0 aliphatic carbocycles. The molecule has 0 atom stereocenters. The first-order chi connectivity index (χ1) is 11.7. The minimum Gasteiger partial charge on any atom is -0.357 e. The van der Waals surface area contributed by atoms with Crippen LogP contribution in [0.4, 0.5) is 0 Å². The molecule has 1 aliphatic rings. The van der Waals surface area contributed by atoms with Crippen LogP contribution in [0.3, 0.4) is 0 Å². The zero-order valence-electron chi connectivity index (χ0n) is 13.7. The molecule has 1 aliphatic heterocycles. The molecule has 0 spiro atoms. The highest BCUT2D eigenvalue weighted by atomic mass is 35.5. The van der Waals surface area contributed by atoms with Crippen LogP contribution in [-0.4, -0.2) is 22.3 Å². The summed E-state index contributed by atoms with van der Waals surface area (Å²) < 4.78 is 1.03. The molecule has 1 heterocycles. The van der Waals surface area contributed by atoms with Crippen LogP contribution >= 0.6 is 35.6 Å². The third-order valence-corrected chi connectivity index (χ3v) is 6.36. The second-order valence-corrected chi connectivity index (χ2v) is 8.35. The van der Waals surface area contributed by atoms with Gasteiger partial charge in [-0.1, -0.05) is 78.0 Å². The van der Waals surface area contributed by atoms with Gasteiger partial charge in [0.2, 0.25) is 0 Å². The van der Waals surface area contributed by atoms with E-state index >= 15 is 0 Å². The van der Waals surface area contributed by atoms with Crippen molar-refractivity contribution in [2.45, 2.75) is 25.0 Å². The van der Waals surface area contributed by atoms with Crippen LogP contribution in [0.5, 0.6) is 0 Å². The van der Waals surface area contributed by atoms with E-state index in [4.69, 9.17) is 23.8 Å².